The number of benzene rings is 1. The number of hydrogen-bond donors (Lipinski definition) is 2. The second kappa shape index (κ2) is 8.07. The van der Waals surface area contributed by atoms with Crippen LogP contribution in [0.1, 0.15) is 12.0 Å². The van der Waals surface area contributed by atoms with E-state index in [0.717, 1.165) is 5.56 Å². The van der Waals surface area contributed by atoms with Crippen LogP contribution in [0.25, 0.3) is 0 Å². The van der Waals surface area contributed by atoms with Gasteiger partial charge in [-0.1, -0.05) is 12.1 Å². The third-order valence-electron chi connectivity index (χ3n) is 2.45. The van der Waals surface area contributed by atoms with Crippen molar-refractivity contribution >= 4 is 11.9 Å². The first-order valence-electron chi connectivity index (χ1n) is 5.91. The predicted molar refractivity (Wildman–Crippen MR) is 71.2 cm³/mol. The third kappa shape index (κ3) is 5.85. The zero-order chi connectivity index (χ0) is 14.1. The van der Waals surface area contributed by atoms with Gasteiger partial charge >= 0.3 is 5.97 Å². The topological polar surface area (TPSA) is 62.7 Å². The number of nitrogens with one attached hydrogen (secondary N) is 2. The lowest BCUT2D eigenvalue weighted by atomic mass is 10.2. The molecule has 0 atom stereocenters. The summed E-state index contributed by atoms with van der Waals surface area (Å²) in [4.78, 5) is 14.9. The number of hydrogen-bond acceptors (Lipinski definition) is 3. The Balaban J connectivity index is 2.33. The van der Waals surface area contributed by atoms with Crippen LogP contribution in [-0.2, 0) is 16.1 Å². The number of halogens is 1. The highest BCUT2D eigenvalue weighted by Gasteiger charge is 2.02. The molecule has 6 heteroatoms. The molecule has 0 spiro atoms. The van der Waals surface area contributed by atoms with Crippen molar-refractivity contribution in [1.29, 1.82) is 0 Å². The van der Waals surface area contributed by atoms with Crippen molar-refractivity contribution in [3.05, 3.63) is 35.6 Å². The minimum absolute atomic E-state index is 0.260. The molecule has 0 aliphatic carbocycles. The molecule has 0 saturated heterocycles. The number of methoxy groups -OCH3 is 1. The summed E-state index contributed by atoms with van der Waals surface area (Å²) in [5.74, 6) is 0.0408. The summed E-state index contributed by atoms with van der Waals surface area (Å²) in [7, 11) is 2.99. The Kier molecular flexibility index (Phi) is 6.35. The molecule has 0 fully saturated rings. The summed E-state index contributed by atoms with van der Waals surface area (Å²) >= 11 is 0. The Morgan fingerprint density at radius 3 is 2.58 bits per heavy atom. The van der Waals surface area contributed by atoms with Gasteiger partial charge in [-0.15, -0.1) is 0 Å². The van der Waals surface area contributed by atoms with Crippen LogP contribution >= 0.6 is 0 Å². The van der Waals surface area contributed by atoms with Crippen LogP contribution in [-0.4, -0.2) is 32.6 Å². The van der Waals surface area contributed by atoms with Crippen molar-refractivity contribution in [3.63, 3.8) is 0 Å². The Hall–Kier alpha value is -2.11. The molecule has 0 saturated carbocycles. The molecule has 19 heavy (non-hydrogen) atoms. The SMILES string of the molecule is CN=C(NCCC(=O)OC)NCc1ccc(F)cc1. The van der Waals surface area contributed by atoms with Gasteiger partial charge in [-0.2, -0.15) is 0 Å². The van der Waals surface area contributed by atoms with E-state index in [2.05, 4.69) is 20.4 Å². The number of ether oxygens (including phenoxy) is 1. The Bertz CT molecular complexity index is 432. The number of nitrogens with zero attached hydrogens (tertiary/aromatic N) is 1. The molecular weight excluding hydrogens is 249 g/mol. The van der Waals surface area contributed by atoms with Gasteiger partial charge in [0.1, 0.15) is 5.82 Å². The number of guanidine groups is 1. The second-order valence-electron chi connectivity index (χ2n) is 3.81. The van der Waals surface area contributed by atoms with Crippen molar-refractivity contribution in [1.82, 2.24) is 10.6 Å². The fraction of sp³-hybridized carbons (Fsp3) is 0.385. The molecule has 0 radical (unpaired) electrons. The molecule has 1 rings (SSSR count). The van der Waals surface area contributed by atoms with E-state index in [1.54, 1.807) is 19.2 Å². The smallest absolute Gasteiger partial charge is 0.307 e. The van der Waals surface area contributed by atoms with Gasteiger partial charge in [0, 0.05) is 20.1 Å². The lowest BCUT2D eigenvalue weighted by Crippen LogP contribution is -2.37. The molecule has 1 aromatic carbocycles. The first-order chi connectivity index (χ1) is 9.15. The quantitative estimate of drug-likeness (QED) is 0.475. The van der Waals surface area contributed by atoms with Crippen LogP contribution in [0.5, 0.6) is 0 Å². The van der Waals surface area contributed by atoms with E-state index in [0.29, 0.717) is 19.0 Å². The monoisotopic (exact) mass is 267 g/mol. The maximum Gasteiger partial charge on any atom is 0.307 e. The van der Waals surface area contributed by atoms with E-state index >= 15 is 0 Å². The molecule has 0 bridgehead atoms. The highest BCUT2D eigenvalue weighted by molar-refractivity contribution is 5.80. The lowest BCUT2D eigenvalue weighted by Gasteiger charge is -2.11. The minimum atomic E-state index is -0.276. The van der Waals surface area contributed by atoms with Gasteiger partial charge in [0.25, 0.3) is 0 Å². The van der Waals surface area contributed by atoms with Crippen LogP contribution in [0.2, 0.25) is 0 Å². The van der Waals surface area contributed by atoms with Crippen molar-refractivity contribution in [2.24, 2.45) is 4.99 Å². The first kappa shape index (κ1) is 14.9. The second-order valence-corrected chi connectivity index (χ2v) is 3.81. The van der Waals surface area contributed by atoms with Crippen LogP contribution in [0.3, 0.4) is 0 Å². The van der Waals surface area contributed by atoms with Gasteiger partial charge in [-0.3, -0.25) is 9.79 Å². The van der Waals surface area contributed by atoms with Crippen molar-refractivity contribution in [2.45, 2.75) is 13.0 Å². The molecule has 0 aliphatic heterocycles. The maximum absolute atomic E-state index is 12.7. The third-order valence-corrected chi connectivity index (χ3v) is 2.45. The standard InChI is InChI=1S/C13H18FN3O2/c1-15-13(16-8-7-12(18)19-2)17-9-10-3-5-11(14)6-4-10/h3-6H,7-9H2,1-2H3,(H2,15,16,17). The van der Waals surface area contributed by atoms with E-state index in [-0.39, 0.29) is 18.2 Å². The number of rotatable bonds is 5. The van der Waals surface area contributed by atoms with Gasteiger partial charge in [0.2, 0.25) is 0 Å². The fourth-order valence-corrected chi connectivity index (χ4v) is 1.39. The fourth-order valence-electron chi connectivity index (χ4n) is 1.39. The Labute approximate surface area is 111 Å². The molecule has 104 valence electrons. The van der Waals surface area contributed by atoms with Crippen LogP contribution in [0.15, 0.2) is 29.3 Å². The van der Waals surface area contributed by atoms with Crippen LogP contribution in [0, 0.1) is 5.82 Å². The normalized spacial score (nSPS) is 11.0. The molecule has 0 heterocycles. The van der Waals surface area contributed by atoms with Crippen molar-refractivity contribution < 1.29 is 13.9 Å². The van der Waals surface area contributed by atoms with E-state index in [1.807, 2.05) is 0 Å². The number of carbonyl (C=O) groups excluding carboxylic acids is 1. The Morgan fingerprint density at radius 1 is 1.32 bits per heavy atom. The average molecular weight is 267 g/mol. The zero-order valence-corrected chi connectivity index (χ0v) is 11.1. The maximum atomic E-state index is 12.7. The van der Waals surface area contributed by atoms with Gasteiger partial charge in [-0.05, 0) is 17.7 Å². The number of carbonyl (C=O) groups is 1. The van der Waals surface area contributed by atoms with E-state index in [1.165, 1.54) is 19.2 Å². The molecular formula is C13H18FN3O2. The van der Waals surface area contributed by atoms with E-state index in [4.69, 9.17) is 0 Å². The van der Waals surface area contributed by atoms with Gasteiger partial charge in [-0.25, -0.2) is 4.39 Å². The molecule has 0 aromatic heterocycles. The zero-order valence-electron chi connectivity index (χ0n) is 11.1. The summed E-state index contributed by atoms with van der Waals surface area (Å²) < 4.78 is 17.3. The van der Waals surface area contributed by atoms with E-state index < -0.39 is 0 Å². The molecule has 0 amide bonds. The molecule has 5 nitrogen and oxygen atoms in total. The van der Waals surface area contributed by atoms with Crippen molar-refractivity contribution in [3.8, 4) is 0 Å². The van der Waals surface area contributed by atoms with Gasteiger partial charge in [0.15, 0.2) is 5.96 Å². The minimum Gasteiger partial charge on any atom is -0.469 e. The van der Waals surface area contributed by atoms with E-state index in [9.17, 15) is 9.18 Å². The summed E-state index contributed by atoms with van der Waals surface area (Å²) in [6.07, 6.45) is 0.272. The Morgan fingerprint density at radius 2 is 2.00 bits per heavy atom. The highest BCUT2D eigenvalue weighted by atomic mass is 19.1. The summed E-state index contributed by atoms with van der Waals surface area (Å²) in [5.41, 5.74) is 0.942. The van der Waals surface area contributed by atoms with Crippen molar-refractivity contribution in [2.75, 3.05) is 20.7 Å². The summed E-state index contributed by atoms with van der Waals surface area (Å²) in [6.45, 7) is 0.966. The summed E-state index contributed by atoms with van der Waals surface area (Å²) in [6, 6.07) is 6.21. The molecule has 0 unspecified atom stereocenters. The molecule has 0 aliphatic rings. The summed E-state index contributed by atoms with van der Waals surface area (Å²) in [5, 5.41) is 6.04. The van der Waals surface area contributed by atoms with Gasteiger partial charge < -0.3 is 15.4 Å². The average Bonchev–Trinajstić information content (AvgIpc) is 2.44. The van der Waals surface area contributed by atoms with Crippen LogP contribution < -0.4 is 10.6 Å². The molecule has 2 N–H and O–H groups in total. The number of esters is 1. The van der Waals surface area contributed by atoms with Gasteiger partial charge in [0.05, 0.1) is 13.5 Å². The predicted octanol–water partition coefficient (Wildman–Crippen LogP) is 1.05. The number of aliphatic imine (C=N–C) groups is 1. The lowest BCUT2D eigenvalue weighted by molar-refractivity contribution is -0.140. The van der Waals surface area contributed by atoms with Crippen LogP contribution in [0.4, 0.5) is 4.39 Å². The molecule has 1 aromatic rings. The first-order valence-corrected chi connectivity index (χ1v) is 5.91. The highest BCUT2D eigenvalue weighted by Crippen LogP contribution is 2.01. The largest absolute Gasteiger partial charge is 0.469 e.